The van der Waals surface area contributed by atoms with Gasteiger partial charge in [-0.15, -0.1) is 5.10 Å². The van der Waals surface area contributed by atoms with Crippen molar-refractivity contribution in [1.29, 1.82) is 0 Å². The molecule has 7 nitrogen and oxygen atoms in total. The Bertz CT molecular complexity index is 1140. The Labute approximate surface area is 188 Å². The Hall–Kier alpha value is -3.48. The number of carbonyl (C=O) groups excluding carboxylic acids is 2. The number of hydrogen-bond donors (Lipinski definition) is 0. The number of ether oxygens (including phenoxy) is 1. The van der Waals surface area contributed by atoms with Crippen LogP contribution < -0.4 is 9.64 Å². The van der Waals surface area contributed by atoms with Crippen LogP contribution in [0.25, 0.3) is 0 Å². The van der Waals surface area contributed by atoms with Gasteiger partial charge in [-0.2, -0.15) is 0 Å². The van der Waals surface area contributed by atoms with Gasteiger partial charge in [0.05, 0.1) is 17.4 Å². The zero-order valence-corrected chi connectivity index (χ0v) is 18.7. The molecule has 32 heavy (non-hydrogen) atoms. The van der Waals surface area contributed by atoms with E-state index in [0.717, 1.165) is 29.8 Å². The molecule has 0 atom stereocenters. The molecule has 0 saturated heterocycles. The number of ketones is 1. The molecule has 0 spiro atoms. The highest BCUT2D eigenvalue weighted by atomic mass is 16.5. The molecule has 2 heterocycles. The third kappa shape index (κ3) is 4.56. The Morgan fingerprint density at radius 1 is 1.03 bits per heavy atom. The van der Waals surface area contributed by atoms with E-state index in [1.807, 2.05) is 18.3 Å². The van der Waals surface area contributed by atoms with Gasteiger partial charge in [-0.05, 0) is 55.0 Å². The number of rotatable bonds is 9. The fraction of sp³-hybridized carbons (Fsp3) is 0.360. The Morgan fingerprint density at radius 3 is 2.62 bits per heavy atom. The molecule has 0 N–H and O–H groups in total. The second-order valence-electron chi connectivity index (χ2n) is 8.47. The van der Waals surface area contributed by atoms with Crippen LogP contribution in [-0.4, -0.2) is 33.2 Å². The van der Waals surface area contributed by atoms with Crippen molar-refractivity contribution in [2.24, 2.45) is 0 Å². The number of carbonyl (C=O) groups is 2. The van der Waals surface area contributed by atoms with Crippen molar-refractivity contribution in [3.8, 4) is 5.75 Å². The van der Waals surface area contributed by atoms with Crippen molar-refractivity contribution in [2.75, 3.05) is 11.4 Å². The Morgan fingerprint density at radius 2 is 1.81 bits per heavy atom. The first-order valence-electron chi connectivity index (χ1n) is 11.0. The molecule has 0 fully saturated rings. The summed E-state index contributed by atoms with van der Waals surface area (Å²) in [5.74, 6) is 0.407. The Kier molecular flexibility index (Phi) is 6.35. The maximum absolute atomic E-state index is 12.2. The fourth-order valence-electron chi connectivity index (χ4n) is 3.92. The lowest BCUT2D eigenvalue weighted by Gasteiger charge is -2.16. The highest BCUT2D eigenvalue weighted by Crippen LogP contribution is 2.29. The summed E-state index contributed by atoms with van der Waals surface area (Å²) in [7, 11) is 0. The summed E-state index contributed by atoms with van der Waals surface area (Å²) < 4.78 is 7.83. The number of hydrogen-bond acceptors (Lipinski definition) is 5. The van der Waals surface area contributed by atoms with E-state index in [0.29, 0.717) is 36.9 Å². The molecule has 4 rings (SSSR count). The van der Waals surface area contributed by atoms with Crippen LogP contribution in [-0.2, 0) is 17.9 Å². The second-order valence-corrected chi connectivity index (χ2v) is 8.47. The van der Waals surface area contributed by atoms with Crippen molar-refractivity contribution in [3.63, 3.8) is 0 Å². The van der Waals surface area contributed by atoms with Gasteiger partial charge in [0.2, 0.25) is 0 Å². The number of anilines is 1. The molecule has 0 bridgehead atoms. The number of Topliss-reactive ketones (excluding diaryl/α,β-unsaturated/α-hetero) is 1. The van der Waals surface area contributed by atoms with Crippen molar-refractivity contribution in [1.82, 2.24) is 15.0 Å². The van der Waals surface area contributed by atoms with Crippen LogP contribution in [0.4, 0.5) is 5.69 Å². The maximum atomic E-state index is 12.2. The molecule has 3 aromatic rings. The second kappa shape index (κ2) is 9.34. The first-order valence-corrected chi connectivity index (χ1v) is 11.0. The normalized spacial score (nSPS) is 13.2. The van der Waals surface area contributed by atoms with Gasteiger partial charge < -0.3 is 9.64 Å². The van der Waals surface area contributed by atoms with Crippen LogP contribution in [0.5, 0.6) is 5.75 Å². The standard InChI is InChI=1S/C25H28N4O3/c1-17(2)20-11-10-18(3)14-23(20)32-16-19-15-28(27-26-19)12-6-7-13-29-22-9-5-4-8-21(22)24(30)25(29)31/h4-5,8-11,14-15,17H,6-7,12-13,16H2,1-3H3. The SMILES string of the molecule is Cc1ccc(C(C)C)c(OCc2cn(CCCCN3C(=O)C(=O)c4ccccc43)nn2)c1. The summed E-state index contributed by atoms with van der Waals surface area (Å²) in [5.41, 5.74) is 4.32. The zero-order chi connectivity index (χ0) is 22.7. The van der Waals surface area contributed by atoms with Crippen LogP contribution in [0, 0.1) is 6.92 Å². The largest absolute Gasteiger partial charge is 0.487 e. The summed E-state index contributed by atoms with van der Waals surface area (Å²) >= 11 is 0. The summed E-state index contributed by atoms with van der Waals surface area (Å²) in [6.07, 6.45) is 3.48. The number of fused-ring (bicyclic) bond motifs is 1. The minimum absolute atomic E-state index is 0.365. The van der Waals surface area contributed by atoms with Gasteiger partial charge in [-0.25, -0.2) is 0 Å². The molecule has 0 saturated carbocycles. The summed E-state index contributed by atoms with van der Waals surface area (Å²) in [5, 5.41) is 8.40. The number of amides is 1. The molecular weight excluding hydrogens is 404 g/mol. The van der Waals surface area contributed by atoms with E-state index in [2.05, 4.69) is 49.3 Å². The van der Waals surface area contributed by atoms with Crippen molar-refractivity contribution >= 4 is 17.4 Å². The average molecular weight is 433 g/mol. The van der Waals surface area contributed by atoms with Crippen LogP contribution in [0.2, 0.25) is 0 Å². The van der Waals surface area contributed by atoms with Crippen molar-refractivity contribution < 1.29 is 14.3 Å². The molecule has 0 unspecified atom stereocenters. The van der Waals surface area contributed by atoms with Crippen molar-refractivity contribution in [2.45, 2.75) is 52.7 Å². The van der Waals surface area contributed by atoms with Crippen LogP contribution in [0.15, 0.2) is 48.7 Å². The zero-order valence-electron chi connectivity index (χ0n) is 18.7. The van der Waals surface area contributed by atoms with Gasteiger partial charge in [-0.3, -0.25) is 14.3 Å². The lowest BCUT2D eigenvalue weighted by Crippen LogP contribution is -2.30. The molecule has 2 aromatic carbocycles. The molecule has 0 aliphatic carbocycles. The van der Waals surface area contributed by atoms with Gasteiger partial charge in [0.25, 0.3) is 11.7 Å². The molecule has 1 aliphatic rings. The third-order valence-corrected chi connectivity index (χ3v) is 5.65. The van der Waals surface area contributed by atoms with E-state index in [1.165, 1.54) is 5.56 Å². The number of aryl methyl sites for hydroxylation is 2. The summed E-state index contributed by atoms with van der Waals surface area (Å²) in [6.45, 7) is 7.92. The molecule has 166 valence electrons. The van der Waals surface area contributed by atoms with Gasteiger partial charge in [0.1, 0.15) is 18.1 Å². The molecule has 1 amide bonds. The number of para-hydroxylation sites is 1. The minimum atomic E-state index is -0.441. The van der Waals surface area contributed by atoms with Crippen LogP contribution >= 0.6 is 0 Å². The van der Waals surface area contributed by atoms with Gasteiger partial charge in [-0.1, -0.05) is 43.3 Å². The number of nitrogens with zero attached hydrogens (tertiary/aromatic N) is 4. The Balaban J connectivity index is 1.27. The van der Waals surface area contributed by atoms with E-state index in [9.17, 15) is 9.59 Å². The summed E-state index contributed by atoms with van der Waals surface area (Å²) in [4.78, 5) is 25.9. The highest BCUT2D eigenvalue weighted by molar-refractivity contribution is 6.52. The fourth-order valence-corrected chi connectivity index (χ4v) is 3.92. The van der Waals surface area contributed by atoms with E-state index in [1.54, 1.807) is 21.7 Å². The topological polar surface area (TPSA) is 77.3 Å². The smallest absolute Gasteiger partial charge is 0.299 e. The van der Waals surface area contributed by atoms with Gasteiger partial charge >= 0.3 is 0 Å². The molecule has 1 aliphatic heterocycles. The molecule has 1 aromatic heterocycles. The highest BCUT2D eigenvalue weighted by Gasteiger charge is 2.34. The number of aromatic nitrogens is 3. The van der Waals surface area contributed by atoms with Crippen LogP contribution in [0.1, 0.15) is 59.8 Å². The monoisotopic (exact) mass is 432 g/mol. The predicted molar refractivity (Wildman–Crippen MR) is 122 cm³/mol. The number of benzene rings is 2. The lowest BCUT2D eigenvalue weighted by molar-refractivity contribution is -0.114. The first-order chi connectivity index (χ1) is 15.4. The van der Waals surface area contributed by atoms with Gasteiger partial charge in [0.15, 0.2) is 0 Å². The maximum Gasteiger partial charge on any atom is 0.299 e. The third-order valence-electron chi connectivity index (χ3n) is 5.65. The van der Waals surface area contributed by atoms with Crippen molar-refractivity contribution in [3.05, 3.63) is 71.0 Å². The lowest BCUT2D eigenvalue weighted by atomic mass is 10.0. The quantitative estimate of drug-likeness (QED) is 0.372. The first kappa shape index (κ1) is 21.7. The van der Waals surface area contributed by atoms with Crippen LogP contribution in [0.3, 0.4) is 0 Å². The van der Waals surface area contributed by atoms with E-state index in [4.69, 9.17) is 4.74 Å². The van der Waals surface area contributed by atoms with E-state index < -0.39 is 11.7 Å². The predicted octanol–water partition coefficient (Wildman–Crippen LogP) is 4.30. The van der Waals surface area contributed by atoms with E-state index >= 15 is 0 Å². The molecular formula is C25H28N4O3. The minimum Gasteiger partial charge on any atom is -0.487 e. The van der Waals surface area contributed by atoms with Gasteiger partial charge in [0, 0.05) is 13.1 Å². The molecule has 0 radical (unpaired) electrons. The average Bonchev–Trinajstić information content (AvgIpc) is 3.33. The molecule has 7 heteroatoms. The summed E-state index contributed by atoms with van der Waals surface area (Å²) in [6, 6.07) is 13.4. The van der Waals surface area contributed by atoms with E-state index in [-0.39, 0.29) is 0 Å². The number of unbranched alkanes of at least 4 members (excludes halogenated alkanes) is 1.